The summed E-state index contributed by atoms with van der Waals surface area (Å²) in [4.78, 5) is 0. The maximum atomic E-state index is 9.07. The molecule has 1 N–H and O–H groups in total. The van der Waals surface area contributed by atoms with Gasteiger partial charge >= 0.3 is 0 Å². The summed E-state index contributed by atoms with van der Waals surface area (Å²) in [6.07, 6.45) is 0. The molecule has 0 spiro atoms. The Morgan fingerprint density at radius 2 is 2.00 bits per heavy atom. The van der Waals surface area contributed by atoms with Crippen LogP contribution in [0.3, 0.4) is 0 Å². The molecular formula is C7H7N2OZn-. The van der Waals surface area contributed by atoms with E-state index < -0.39 is 0 Å². The molecule has 0 aliphatic rings. The smallest absolute Gasteiger partial charge is 0.120 e. The minimum absolute atomic E-state index is 0. The van der Waals surface area contributed by atoms with Gasteiger partial charge in [-0.2, -0.15) is 0 Å². The Morgan fingerprint density at radius 3 is 2.55 bits per heavy atom. The van der Waals surface area contributed by atoms with E-state index in [0.29, 0.717) is 5.56 Å². The Balaban J connectivity index is 0.000001000. The molecule has 0 unspecified atom stereocenters. The van der Waals surface area contributed by atoms with Gasteiger partial charge in [-0.1, -0.05) is 18.2 Å². The summed E-state index contributed by atoms with van der Waals surface area (Å²) in [5.74, 6) is 0.167. The van der Waals surface area contributed by atoms with Gasteiger partial charge in [0.1, 0.15) is 5.75 Å². The molecule has 0 bridgehead atoms. The monoisotopic (exact) mass is 199 g/mol. The van der Waals surface area contributed by atoms with Crippen molar-refractivity contribution < 1.29 is 24.6 Å². The van der Waals surface area contributed by atoms with Gasteiger partial charge in [-0.25, -0.2) is 0 Å². The van der Waals surface area contributed by atoms with E-state index in [1.807, 2.05) is 0 Å². The second-order valence-electron chi connectivity index (χ2n) is 1.93. The molecule has 1 aromatic rings. The second kappa shape index (κ2) is 4.97. The number of phenols is 1. The largest absolute Gasteiger partial charge is 0.712 e. The number of hydrogen-bond acceptors (Lipinski definition) is 2. The van der Waals surface area contributed by atoms with Crippen LogP contribution in [0.4, 0.5) is 0 Å². The van der Waals surface area contributed by atoms with Crippen molar-refractivity contribution in [3.8, 4) is 5.75 Å². The van der Waals surface area contributed by atoms with E-state index >= 15 is 0 Å². The van der Waals surface area contributed by atoms with Crippen LogP contribution >= 0.6 is 0 Å². The number of hydrogen-bond donors (Lipinski definition) is 1. The average molecular weight is 201 g/mol. The molecule has 1 aromatic carbocycles. The van der Waals surface area contributed by atoms with Crippen LogP contribution in [-0.2, 0) is 26.0 Å². The zero-order valence-corrected chi connectivity index (χ0v) is 9.03. The van der Waals surface area contributed by atoms with Crippen LogP contribution in [0.25, 0.3) is 5.53 Å². The van der Waals surface area contributed by atoms with E-state index in [0.717, 1.165) is 0 Å². The molecule has 0 amide bonds. The number of nitrogens with zero attached hydrogens (tertiary/aromatic N) is 2. The summed E-state index contributed by atoms with van der Waals surface area (Å²) in [6.45, 7) is 0.146. The van der Waals surface area contributed by atoms with Crippen molar-refractivity contribution >= 4 is 0 Å². The topological polar surface area (TPSA) is 54.9 Å². The minimum atomic E-state index is 0. The zero-order valence-electron chi connectivity index (χ0n) is 6.07. The molecule has 0 atom stereocenters. The predicted octanol–water partition coefficient (Wildman–Crippen LogP) is 1.91. The summed E-state index contributed by atoms with van der Waals surface area (Å²) in [6, 6.07) is 6.76. The van der Waals surface area contributed by atoms with Gasteiger partial charge in [0, 0.05) is 31.6 Å². The van der Waals surface area contributed by atoms with Crippen molar-refractivity contribution in [2.45, 2.75) is 6.54 Å². The fourth-order valence-electron chi connectivity index (χ4n) is 0.721. The summed E-state index contributed by atoms with van der Waals surface area (Å²) >= 11 is 0. The normalized spacial score (nSPS) is 8.36. The van der Waals surface area contributed by atoms with Crippen LogP contribution in [-0.4, -0.2) is 5.11 Å². The number of phenolic OH excluding ortho intramolecular Hbond substituents is 1. The molecule has 0 saturated carbocycles. The van der Waals surface area contributed by atoms with E-state index in [-0.39, 0.29) is 31.8 Å². The molecule has 0 radical (unpaired) electrons. The van der Waals surface area contributed by atoms with Crippen LogP contribution in [0.1, 0.15) is 5.56 Å². The molecule has 0 aliphatic heterocycles. The van der Waals surface area contributed by atoms with Gasteiger partial charge in [-0.15, -0.1) is 0 Å². The molecule has 0 aromatic heterocycles. The Labute approximate surface area is 77.7 Å². The SMILES string of the molecule is [N-]=NCc1ccccc1O.[Zn]. The molecule has 0 aliphatic carbocycles. The summed E-state index contributed by atoms with van der Waals surface area (Å²) in [7, 11) is 0. The predicted molar refractivity (Wildman–Crippen MR) is 37.6 cm³/mol. The Morgan fingerprint density at radius 1 is 1.36 bits per heavy atom. The molecule has 1 rings (SSSR count). The number of aromatic hydroxyl groups is 1. The minimum Gasteiger partial charge on any atom is -0.712 e. The van der Waals surface area contributed by atoms with E-state index in [4.69, 9.17) is 10.6 Å². The number of para-hydroxylation sites is 1. The van der Waals surface area contributed by atoms with Gasteiger partial charge in [-0.3, -0.25) is 0 Å². The second-order valence-corrected chi connectivity index (χ2v) is 1.93. The third kappa shape index (κ3) is 2.77. The first-order valence-electron chi connectivity index (χ1n) is 2.92. The van der Waals surface area contributed by atoms with Crippen molar-refractivity contribution in [1.29, 1.82) is 0 Å². The van der Waals surface area contributed by atoms with E-state index in [1.165, 1.54) is 0 Å². The zero-order chi connectivity index (χ0) is 7.40. The first-order valence-corrected chi connectivity index (χ1v) is 2.92. The van der Waals surface area contributed by atoms with Crippen LogP contribution in [0.15, 0.2) is 29.4 Å². The molecule has 11 heavy (non-hydrogen) atoms. The van der Waals surface area contributed by atoms with Gasteiger partial charge in [0.25, 0.3) is 0 Å². The third-order valence-corrected chi connectivity index (χ3v) is 1.23. The molecule has 54 valence electrons. The maximum Gasteiger partial charge on any atom is 0.120 e. The van der Waals surface area contributed by atoms with E-state index in [9.17, 15) is 0 Å². The first-order chi connectivity index (χ1) is 4.84. The number of benzene rings is 1. The van der Waals surface area contributed by atoms with Crippen molar-refractivity contribution in [2.24, 2.45) is 5.11 Å². The van der Waals surface area contributed by atoms with Crippen LogP contribution in [0.5, 0.6) is 5.75 Å². The maximum absolute atomic E-state index is 9.07. The van der Waals surface area contributed by atoms with Crippen LogP contribution in [0.2, 0.25) is 0 Å². The fourth-order valence-corrected chi connectivity index (χ4v) is 0.721. The quantitative estimate of drug-likeness (QED) is 0.575. The van der Waals surface area contributed by atoms with Crippen molar-refractivity contribution in [3.63, 3.8) is 0 Å². The Hall–Kier alpha value is -0.757. The van der Waals surface area contributed by atoms with Crippen molar-refractivity contribution in [1.82, 2.24) is 0 Å². The molecular weight excluding hydrogens is 193 g/mol. The van der Waals surface area contributed by atoms with Gasteiger partial charge in [0.05, 0.1) is 0 Å². The standard InChI is InChI=1S/C7H7N2O.Zn/c8-9-5-6-3-1-2-4-7(6)10;/h1-4,10H,5H2;/q-1;. The summed E-state index contributed by atoms with van der Waals surface area (Å²) in [5, 5.41) is 12.0. The van der Waals surface area contributed by atoms with E-state index in [1.54, 1.807) is 24.3 Å². The third-order valence-electron chi connectivity index (χ3n) is 1.23. The summed E-state index contributed by atoms with van der Waals surface area (Å²) in [5.41, 5.74) is 8.79. The van der Waals surface area contributed by atoms with Gasteiger partial charge in [0.15, 0.2) is 0 Å². The molecule has 4 heteroatoms. The Bertz CT molecular complexity index is 240. The van der Waals surface area contributed by atoms with Gasteiger partial charge in [-0.05, 0) is 6.07 Å². The number of rotatable bonds is 2. The van der Waals surface area contributed by atoms with Crippen molar-refractivity contribution in [3.05, 3.63) is 35.4 Å². The molecule has 0 heterocycles. The molecule has 3 nitrogen and oxygen atoms in total. The van der Waals surface area contributed by atoms with Gasteiger partial charge in [0.2, 0.25) is 0 Å². The van der Waals surface area contributed by atoms with Crippen molar-refractivity contribution in [2.75, 3.05) is 0 Å². The molecule has 0 saturated heterocycles. The first kappa shape index (κ1) is 10.2. The fraction of sp³-hybridized carbons (Fsp3) is 0.143. The van der Waals surface area contributed by atoms with Gasteiger partial charge < -0.3 is 15.8 Å². The van der Waals surface area contributed by atoms with Crippen LogP contribution < -0.4 is 0 Å². The van der Waals surface area contributed by atoms with E-state index in [2.05, 4.69) is 5.11 Å². The molecule has 0 fully saturated rings. The average Bonchev–Trinajstić information content (AvgIpc) is 1.94. The van der Waals surface area contributed by atoms with Crippen LogP contribution in [0, 0.1) is 0 Å². The Kier molecular flexibility index (Phi) is 4.63. The summed E-state index contributed by atoms with van der Waals surface area (Å²) < 4.78 is 0.